The smallest absolute Gasteiger partial charge is 0.227 e. The maximum absolute atomic E-state index is 12.6. The first-order valence-corrected chi connectivity index (χ1v) is 10.3. The van der Waals surface area contributed by atoms with Gasteiger partial charge in [-0.2, -0.15) is 0 Å². The van der Waals surface area contributed by atoms with Gasteiger partial charge in [-0.15, -0.1) is 0 Å². The Kier molecular flexibility index (Phi) is 6.14. The zero-order chi connectivity index (χ0) is 20.9. The lowest BCUT2D eigenvalue weighted by atomic mass is 9.95. The second-order valence-corrected chi connectivity index (χ2v) is 7.68. The molecule has 7 heteroatoms. The van der Waals surface area contributed by atoms with Crippen LogP contribution in [-0.4, -0.2) is 36.1 Å². The molecule has 1 fully saturated rings. The number of nitrogens with one attached hydrogen (secondary N) is 1. The highest BCUT2D eigenvalue weighted by Crippen LogP contribution is 2.27. The highest BCUT2D eigenvalue weighted by molar-refractivity contribution is 6.30. The summed E-state index contributed by atoms with van der Waals surface area (Å²) in [5, 5.41) is 3.63. The Morgan fingerprint density at radius 1 is 1.07 bits per heavy atom. The Morgan fingerprint density at radius 2 is 1.77 bits per heavy atom. The zero-order valence-electron chi connectivity index (χ0n) is 16.7. The average Bonchev–Trinajstić information content (AvgIpc) is 2.81. The number of ether oxygens (including phenoxy) is 1. The van der Waals surface area contributed by atoms with Crippen molar-refractivity contribution in [2.24, 2.45) is 5.92 Å². The van der Waals surface area contributed by atoms with E-state index >= 15 is 0 Å². The van der Waals surface area contributed by atoms with E-state index in [0.717, 1.165) is 54.4 Å². The van der Waals surface area contributed by atoms with Crippen molar-refractivity contribution in [3.8, 4) is 17.0 Å². The lowest BCUT2D eigenvalue weighted by molar-refractivity contribution is -0.120. The molecule has 0 radical (unpaired) electrons. The summed E-state index contributed by atoms with van der Waals surface area (Å²) >= 11 is 5.90. The van der Waals surface area contributed by atoms with Crippen LogP contribution in [0.3, 0.4) is 0 Å². The molecule has 0 saturated carbocycles. The van der Waals surface area contributed by atoms with E-state index < -0.39 is 0 Å². The van der Waals surface area contributed by atoms with E-state index in [1.54, 1.807) is 25.6 Å². The van der Waals surface area contributed by atoms with Gasteiger partial charge in [0, 0.05) is 41.3 Å². The van der Waals surface area contributed by atoms with Crippen LogP contribution in [0.4, 0.5) is 11.5 Å². The molecule has 154 valence electrons. The summed E-state index contributed by atoms with van der Waals surface area (Å²) in [5.41, 5.74) is 2.65. The van der Waals surface area contributed by atoms with Crippen LogP contribution >= 0.6 is 11.6 Å². The molecule has 1 N–H and O–H groups in total. The number of benzene rings is 2. The molecule has 0 atom stereocenters. The third-order valence-corrected chi connectivity index (χ3v) is 5.59. The van der Waals surface area contributed by atoms with Gasteiger partial charge in [-0.1, -0.05) is 11.6 Å². The van der Waals surface area contributed by atoms with E-state index in [9.17, 15) is 4.79 Å². The summed E-state index contributed by atoms with van der Waals surface area (Å²) in [6.07, 6.45) is 3.15. The van der Waals surface area contributed by atoms with Crippen LogP contribution in [0.15, 0.2) is 60.9 Å². The molecule has 1 aliphatic rings. The van der Waals surface area contributed by atoms with Crippen LogP contribution in [0.25, 0.3) is 11.3 Å². The molecule has 1 saturated heterocycles. The number of aromatic nitrogens is 2. The van der Waals surface area contributed by atoms with Crippen LogP contribution in [0.5, 0.6) is 5.75 Å². The minimum Gasteiger partial charge on any atom is -0.497 e. The van der Waals surface area contributed by atoms with Crippen LogP contribution in [0.1, 0.15) is 12.8 Å². The standard InChI is InChI=1S/C23H23ClN4O2/c1-30-20-8-2-16(3-9-20)21-14-22(26-15-25-21)28-12-10-17(11-13-28)23(29)27-19-6-4-18(24)5-7-19/h2-9,14-15,17H,10-13H2,1H3,(H,27,29). The van der Waals surface area contributed by atoms with Crippen molar-refractivity contribution in [2.45, 2.75) is 12.8 Å². The molecule has 3 aromatic rings. The summed E-state index contributed by atoms with van der Waals surface area (Å²) in [6.45, 7) is 1.55. The SMILES string of the molecule is COc1ccc(-c2cc(N3CCC(C(=O)Nc4ccc(Cl)cc4)CC3)ncn2)cc1. The minimum atomic E-state index is -0.0141. The van der Waals surface area contributed by atoms with E-state index in [4.69, 9.17) is 16.3 Å². The van der Waals surface area contributed by atoms with Crippen LogP contribution in [0.2, 0.25) is 5.02 Å². The number of piperidine rings is 1. The van der Waals surface area contributed by atoms with Gasteiger partial charge in [-0.05, 0) is 61.4 Å². The summed E-state index contributed by atoms with van der Waals surface area (Å²) in [5.74, 6) is 1.73. The van der Waals surface area contributed by atoms with E-state index in [1.165, 1.54) is 0 Å². The third-order valence-electron chi connectivity index (χ3n) is 5.34. The first-order chi connectivity index (χ1) is 14.6. The molecule has 1 amide bonds. The molecule has 2 heterocycles. The fourth-order valence-electron chi connectivity index (χ4n) is 3.59. The van der Waals surface area contributed by atoms with Crippen LogP contribution < -0.4 is 15.0 Å². The van der Waals surface area contributed by atoms with Gasteiger partial charge < -0.3 is 15.0 Å². The second-order valence-electron chi connectivity index (χ2n) is 7.25. The second kappa shape index (κ2) is 9.13. The number of anilines is 2. The molecule has 0 unspecified atom stereocenters. The van der Waals surface area contributed by atoms with E-state index in [-0.39, 0.29) is 11.8 Å². The average molecular weight is 423 g/mol. The maximum atomic E-state index is 12.6. The van der Waals surface area contributed by atoms with Gasteiger partial charge in [0.1, 0.15) is 17.9 Å². The van der Waals surface area contributed by atoms with Crippen molar-refractivity contribution in [2.75, 3.05) is 30.4 Å². The zero-order valence-corrected chi connectivity index (χ0v) is 17.5. The summed E-state index contributed by atoms with van der Waals surface area (Å²) in [6, 6.07) is 17.0. The Balaban J connectivity index is 1.37. The Hall–Kier alpha value is -3.12. The number of amides is 1. The fraction of sp³-hybridized carbons (Fsp3) is 0.261. The minimum absolute atomic E-state index is 0.0141. The van der Waals surface area contributed by atoms with Crippen molar-refractivity contribution >= 4 is 29.0 Å². The normalized spacial score (nSPS) is 14.4. The summed E-state index contributed by atoms with van der Waals surface area (Å²) in [7, 11) is 1.65. The fourth-order valence-corrected chi connectivity index (χ4v) is 3.71. The van der Waals surface area contributed by atoms with E-state index in [1.807, 2.05) is 42.5 Å². The van der Waals surface area contributed by atoms with E-state index in [0.29, 0.717) is 5.02 Å². The number of halogens is 1. The highest BCUT2D eigenvalue weighted by atomic mass is 35.5. The van der Waals surface area contributed by atoms with Gasteiger partial charge >= 0.3 is 0 Å². The molecule has 6 nitrogen and oxygen atoms in total. The number of carbonyl (C=O) groups excluding carboxylic acids is 1. The first kappa shape index (κ1) is 20.2. The van der Waals surface area contributed by atoms with Crippen molar-refractivity contribution in [3.63, 3.8) is 0 Å². The quantitative estimate of drug-likeness (QED) is 0.647. The highest BCUT2D eigenvalue weighted by Gasteiger charge is 2.26. The third kappa shape index (κ3) is 4.71. The Morgan fingerprint density at radius 3 is 2.43 bits per heavy atom. The van der Waals surface area contributed by atoms with Crippen molar-refractivity contribution in [3.05, 3.63) is 65.9 Å². The molecular weight excluding hydrogens is 400 g/mol. The van der Waals surface area contributed by atoms with Gasteiger partial charge in [0.2, 0.25) is 5.91 Å². The number of hydrogen-bond donors (Lipinski definition) is 1. The number of rotatable bonds is 5. The molecule has 0 aliphatic carbocycles. The van der Waals surface area contributed by atoms with Crippen molar-refractivity contribution in [1.82, 2.24) is 9.97 Å². The van der Waals surface area contributed by atoms with Gasteiger partial charge in [0.15, 0.2) is 0 Å². The predicted octanol–water partition coefficient (Wildman–Crippen LogP) is 4.66. The van der Waals surface area contributed by atoms with Gasteiger partial charge in [-0.25, -0.2) is 9.97 Å². The number of nitrogens with zero attached hydrogens (tertiary/aromatic N) is 3. The molecule has 0 bridgehead atoms. The van der Waals surface area contributed by atoms with Gasteiger partial charge in [0.25, 0.3) is 0 Å². The molecule has 1 aromatic heterocycles. The summed E-state index contributed by atoms with van der Waals surface area (Å²) in [4.78, 5) is 23.6. The lowest BCUT2D eigenvalue weighted by Crippen LogP contribution is -2.38. The number of carbonyl (C=O) groups is 1. The molecule has 0 spiro atoms. The first-order valence-electron chi connectivity index (χ1n) is 9.90. The molecule has 1 aliphatic heterocycles. The molecule has 30 heavy (non-hydrogen) atoms. The van der Waals surface area contributed by atoms with Crippen molar-refractivity contribution < 1.29 is 9.53 Å². The maximum Gasteiger partial charge on any atom is 0.227 e. The van der Waals surface area contributed by atoms with Gasteiger partial charge in [-0.3, -0.25) is 4.79 Å². The monoisotopic (exact) mass is 422 g/mol. The molecule has 4 rings (SSSR count). The van der Waals surface area contributed by atoms with E-state index in [2.05, 4.69) is 20.2 Å². The summed E-state index contributed by atoms with van der Waals surface area (Å²) < 4.78 is 5.22. The largest absolute Gasteiger partial charge is 0.497 e. The lowest BCUT2D eigenvalue weighted by Gasteiger charge is -2.32. The topological polar surface area (TPSA) is 67.3 Å². The number of methoxy groups -OCH3 is 1. The Bertz CT molecular complexity index is 1000. The van der Waals surface area contributed by atoms with Crippen molar-refractivity contribution in [1.29, 1.82) is 0 Å². The number of hydrogen-bond acceptors (Lipinski definition) is 5. The van der Waals surface area contributed by atoms with Gasteiger partial charge in [0.05, 0.1) is 12.8 Å². The van der Waals surface area contributed by atoms with Crippen LogP contribution in [-0.2, 0) is 4.79 Å². The Labute approximate surface area is 180 Å². The molecular formula is C23H23ClN4O2. The molecule has 2 aromatic carbocycles. The predicted molar refractivity (Wildman–Crippen MR) is 119 cm³/mol. The van der Waals surface area contributed by atoms with Crippen LogP contribution in [0, 0.1) is 5.92 Å².